The predicted molar refractivity (Wildman–Crippen MR) is 72.9 cm³/mol. The quantitative estimate of drug-likeness (QED) is 0.641. The van der Waals surface area contributed by atoms with Crippen LogP contribution in [-0.2, 0) is 0 Å². The maximum absolute atomic E-state index is 13.4. The molecular weight excluding hydrogens is 245 g/mol. The monoisotopic (exact) mass is 261 g/mol. The predicted octanol–water partition coefficient (Wildman–Crippen LogP) is 3.26. The highest BCUT2D eigenvalue weighted by atomic mass is 19.1. The Kier molecular flexibility index (Phi) is 4.61. The second-order valence-corrected chi connectivity index (χ2v) is 4.02. The number of rotatable bonds is 6. The van der Waals surface area contributed by atoms with E-state index < -0.39 is 5.82 Å². The van der Waals surface area contributed by atoms with E-state index in [-0.39, 0.29) is 5.75 Å². The van der Waals surface area contributed by atoms with Crippen molar-refractivity contribution in [3.63, 3.8) is 0 Å². The Bertz CT molecular complexity index is 497. The molecule has 0 saturated heterocycles. The second-order valence-electron chi connectivity index (χ2n) is 4.02. The van der Waals surface area contributed by atoms with E-state index >= 15 is 0 Å². The molecule has 0 unspecified atom stereocenters. The van der Waals surface area contributed by atoms with Crippen molar-refractivity contribution in [3.05, 3.63) is 54.3 Å². The molecular formula is C15H16FNO2. The topological polar surface area (TPSA) is 44.5 Å². The standard InChI is InChI=1S/C15H16FNO2/c16-13-8-4-9-14(17)15(13)19-11-5-10-18-12-6-2-1-3-7-12/h1-4,6-9H,5,10-11,17H2. The molecule has 2 N–H and O–H groups in total. The lowest BCUT2D eigenvalue weighted by molar-refractivity contribution is 0.242. The number of hydrogen-bond donors (Lipinski definition) is 1. The smallest absolute Gasteiger partial charge is 0.177 e. The molecule has 0 spiro atoms. The average molecular weight is 261 g/mol. The van der Waals surface area contributed by atoms with E-state index in [0.29, 0.717) is 25.3 Å². The molecule has 2 aromatic rings. The first-order chi connectivity index (χ1) is 9.27. The number of anilines is 1. The first-order valence-electron chi connectivity index (χ1n) is 6.12. The highest BCUT2D eigenvalue weighted by Crippen LogP contribution is 2.24. The molecule has 0 atom stereocenters. The molecule has 0 aliphatic rings. The van der Waals surface area contributed by atoms with Gasteiger partial charge < -0.3 is 15.2 Å². The fourth-order valence-corrected chi connectivity index (χ4v) is 1.62. The first kappa shape index (κ1) is 13.2. The molecule has 0 aromatic heterocycles. The van der Waals surface area contributed by atoms with Crippen LogP contribution >= 0.6 is 0 Å². The van der Waals surface area contributed by atoms with Gasteiger partial charge in [0.2, 0.25) is 0 Å². The van der Waals surface area contributed by atoms with Crippen LogP contribution in [0.2, 0.25) is 0 Å². The van der Waals surface area contributed by atoms with Gasteiger partial charge in [0.1, 0.15) is 5.75 Å². The zero-order valence-electron chi connectivity index (χ0n) is 10.5. The minimum Gasteiger partial charge on any atom is -0.493 e. The van der Waals surface area contributed by atoms with Crippen LogP contribution < -0.4 is 15.2 Å². The Labute approximate surface area is 111 Å². The van der Waals surface area contributed by atoms with Gasteiger partial charge in [-0.2, -0.15) is 0 Å². The van der Waals surface area contributed by atoms with E-state index in [1.165, 1.54) is 6.07 Å². The van der Waals surface area contributed by atoms with Crippen LogP contribution in [0.5, 0.6) is 11.5 Å². The molecule has 19 heavy (non-hydrogen) atoms. The molecule has 4 heteroatoms. The summed E-state index contributed by atoms with van der Waals surface area (Å²) in [5.74, 6) is 0.485. The van der Waals surface area contributed by atoms with E-state index in [4.69, 9.17) is 15.2 Å². The minimum absolute atomic E-state index is 0.113. The summed E-state index contributed by atoms with van der Waals surface area (Å²) in [6, 6.07) is 14.0. The molecule has 0 radical (unpaired) electrons. The van der Waals surface area contributed by atoms with Crippen molar-refractivity contribution in [1.29, 1.82) is 0 Å². The van der Waals surface area contributed by atoms with Gasteiger partial charge in [-0.3, -0.25) is 0 Å². The van der Waals surface area contributed by atoms with Gasteiger partial charge in [0.25, 0.3) is 0 Å². The zero-order valence-corrected chi connectivity index (χ0v) is 10.5. The Hall–Kier alpha value is -2.23. The number of para-hydroxylation sites is 2. The van der Waals surface area contributed by atoms with Crippen LogP contribution in [0.1, 0.15) is 6.42 Å². The normalized spacial score (nSPS) is 10.2. The molecule has 0 bridgehead atoms. The summed E-state index contributed by atoms with van der Waals surface area (Å²) < 4.78 is 24.2. The summed E-state index contributed by atoms with van der Waals surface area (Å²) in [7, 11) is 0. The van der Waals surface area contributed by atoms with Gasteiger partial charge in [0, 0.05) is 6.42 Å². The third-order valence-corrected chi connectivity index (χ3v) is 2.54. The number of nitrogens with two attached hydrogens (primary N) is 1. The Balaban J connectivity index is 1.73. The van der Waals surface area contributed by atoms with Crippen LogP contribution in [0, 0.1) is 5.82 Å². The van der Waals surface area contributed by atoms with Crippen molar-refractivity contribution in [2.24, 2.45) is 0 Å². The highest BCUT2D eigenvalue weighted by Gasteiger charge is 2.06. The van der Waals surface area contributed by atoms with Crippen molar-refractivity contribution in [1.82, 2.24) is 0 Å². The Morgan fingerprint density at radius 1 is 0.895 bits per heavy atom. The van der Waals surface area contributed by atoms with Gasteiger partial charge in [-0.05, 0) is 24.3 Å². The SMILES string of the molecule is Nc1cccc(F)c1OCCCOc1ccccc1. The van der Waals surface area contributed by atoms with E-state index in [9.17, 15) is 4.39 Å². The Morgan fingerprint density at radius 2 is 1.63 bits per heavy atom. The van der Waals surface area contributed by atoms with Crippen molar-refractivity contribution >= 4 is 5.69 Å². The molecule has 2 aromatic carbocycles. The minimum atomic E-state index is -0.441. The lowest BCUT2D eigenvalue weighted by Crippen LogP contribution is -2.07. The lowest BCUT2D eigenvalue weighted by atomic mass is 10.3. The van der Waals surface area contributed by atoms with Crippen molar-refractivity contribution < 1.29 is 13.9 Å². The molecule has 2 rings (SSSR count). The van der Waals surface area contributed by atoms with Crippen LogP contribution in [0.25, 0.3) is 0 Å². The largest absolute Gasteiger partial charge is 0.493 e. The van der Waals surface area contributed by atoms with Gasteiger partial charge in [-0.1, -0.05) is 24.3 Å². The summed E-state index contributed by atoms with van der Waals surface area (Å²) >= 11 is 0. The molecule has 0 aliphatic heterocycles. The van der Waals surface area contributed by atoms with E-state index in [2.05, 4.69) is 0 Å². The number of nitrogen functional groups attached to an aromatic ring is 1. The molecule has 0 saturated carbocycles. The fraction of sp³-hybridized carbons (Fsp3) is 0.200. The van der Waals surface area contributed by atoms with Gasteiger partial charge in [-0.25, -0.2) is 4.39 Å². The van der Waals surface area contributed by atoms with Gasteiger partial charge in [-0.15, -0.1) is 0 Å². The summed E-state index contributed by atoms with van der Waals surface area (Å²) in [5, 5.41) is 0. The molecule has 0 heterocycles. The summed E-state index contributed by atoms with van der Waals surface area (Å²) in [6.07, 6.45) is 0.655. The summed E-state index contributed by atoms with van der Waals surface area (Å²) in [5.41, 5.74) is 5.94. The summed E-state index contributed by atoms with van der Waals surface area (Å²) in [6.45, 7) is 0.871. The zero-order chi connectivity index (χ0) is 13.5. The summed E-state index contributed by atoms with van der Waals surface area (Å²) in [4.78, 5) is 0. The van der Waals surface area contributed by atoms with Crippen LogP contribution in [0.4, 0.5) is 10.1 Å². The number of hydrogen-bond acceptors (Lipinski definition) is 3. The van der Waals surface area contributed by atoms with Gasteiger partial charge in [0.05, 0.1) is 18.9 Å². The molecule has 0 fully saturated rings. The van der Waals surface area contributed by atoms with Gasteiger partial charge >= 0.3 is 0 Å². The third kappa shape index (κ3) is 3.88. The van der Waals surface area contributed by atoms with Crippen LogP contribution in [0.15, 0.2) is 48.5 Å². The van der Waals surface area contributed by atoms with E-state index in [1.807, 2.05) is 30.3 Å². The number of benzene rings is 2. The van der Waals surface area contributed by atoms with E-state index in [1.54, 1.807) is 12.1 Å². The maximum Gasteiger partial charge on any atom is 0.177 e. The van der Waals surface area contributed by atoms with Crippen LogP contribution in [-0.4, -0.2) is 13.2 Å². The van der Waals surface area contributed by atoms with Crippen molar-refractivity contribution in [2.75, 3.05) is 18.9 Å². The van der Waals surface area contributed by atoms with Crippen LogP contribution in [0.3, 0.4) is 0 Å². The fourth-order valence-electron chi connectivity index (χ4n) is 1.62. The second kappa shape index (κ2) is 6.64. The highest BCUT2D eigenvalue weighted by molar-refractivity contribution is 5.52. The lowest BCUT2D eigenvalue weighted by Gasteiger charge is -2.10. The average Bonchev–Trinajstić information content (AvgIpc) is 2.42. The molecule has 100 valence electrons. The number of halogens is 1. The third-order valence-electron chi connectivity index (χ3n) is 2.54. The Morgan fingerprint density at radius 3 is 2.37 bits per heavy atom. The van der Waals surface area contributed by atoms with Crippen molar-refractivity contribution in [2.45, 2.75) is 6.42 Å². The first-order valence-corrected chi connectivity index (χ1v) is 6.12. The van der Waals surface area contributed by atoms with Crippen molar-refractivity contribution in [3.8, 4) is 11.5 Å². The molecule has 3 nitrogen and oxygen atoms in total. The van der Waals surface area contributed by atoms with E-state index in [0.717, 1.165) is 5.75 Å². The van der Waals surface area contributed by atoms with Gasteiger partial charge in [0.15, 0.2) is 11.6 Å². The molecule has 0 amide bonds. The number of ether oxygens (including phenoxy) is 2. The molecule has 0 aliphatic carbocycles. The maximum atomic E-state index is 13.4.